The van der Waals surface area contributed by atoms with Gasteiger partial charge in [0.25, 0.3) is 0 Å². The molecule has 3 N–H and O–H groups in total. The summed E-state index contributed by atoms with van der Waals surface area (Å²) in [5.74, 6) is 0.948. The lowest BCUT2D eigenvalue weighted by Gasteiger charge is -2.09. The fourth-order valence-electron chi connectivity index (χ4n) is 2.52. The Balaban J connectivity index is 1.65. The second kappa shape index (κ2) is 7.79. The zero-order valence-corrected chi connectivity index (χ0v) is 14.0. The zero-order chi connectivity index (χ0) is 16.8. The average molecular weight is 339 g/mol. The maximum atomic E-state index is 6.24. The molecule has 0 fully saturated rings. The number of nitrogens with one attached hydrogen (secondary N) is 1. The maximum absolute atomic E-state index is 6.24. The van der Waals surface area contributed by atoms with Crippen LogP contribution in [0.4, 0.5) is 11.8 Å². The molecule has 3 rings (SSSR count). The molecule has 0 radical (unpaired) electrons. The number of rotatable bonds is 6. The van der Waals surface area contributed by atoms with Gasteiger partial charge in [0, 0.05) is 23.2 Å². The fourth-order valence-corrected chi connectivity index (χ4v) is 2.75. The summed E-state index contributed by atoms with van der Waals surface area (Å²) in [4.78, 5) is 8.53. The summed E-state index contributed by atoms with van der Waals surface area (Å²) in [5, 5.41) is 3.96. The number of benzene rings is 2. The van der Waals surface area contributed by atoms with Crippen molar-refractivity contribution in [2.24, 2.45) is 0 Å². The van der Waals surface area contributed by atoms with Crippen LogP contribution >= 0.6 is 11.6 Å². The largest absolute Gasteiger partial charge is 0.370 e. The van der Waals surface area contributed by atoms with Crippen LogP contribution in [-0.2, 0) is 6.42 Å². The Labute approximate surface area is 146 Å². The molecule has 0 saturated heterocycles. The van der Waals surface area contributed by atoms with Gasteiger partial charge in [-0.2, -0.15) is 4.98 Å². The first-order chi connectivity index (χ1) is 11.7. The van der Waals surface area contributed by atoms with Crippen LogP contribution in [0.1, 0.15) is 12.0 Å². The SMILES string of the molecule is Nc1nc(NCCCc2ccccc2)cc(-c2ccccc2Cl)n1. The summed E-state index contributed by atoms with van der Waals surface area (Å²) in [5.41, 5.74) is 8.74. The van der Waals surface area contributed by atoms with E-state index in [9.17, 15) is 0 Å². The molecule has 0 spiro atoms. The van der Waals surface area contributed by atoms with Crippen molar-refractivity contribution in [3.8, 4) is 11.3 Å². The molecular formula is C19H19ClN4. The van der Waals surface area contributed by atoms with E-state index in [0.717, 1.165) is 30.6 Å². The molecule has 0 aliphatic carbocycles. The van der Waals surface area contributed by atoms with Crippen LogP contribution in [0.15, 0.2) is 60.7 Å². The monoisotopic (exact) mass is 338 g/mol. The molecule has 0 unspecified atom stereocenters. The van der Waals surface area contributed by atoms with Gasteiger partial charge >= 0.3 is 0 Å². The highest BCUT2D eigenvalue weighted by atomic mass is 35.5. The van der Waals surface area contributed by atoms with Crippen molar-refractivity contribution in [3.63, 3.8) is 0 Å². The van der Waals surface area contributed by atoms with E-state index < -0.39 is 0 Å². The Morgan fingerprint density at radius 1 is 0.958 bits per heavy atom. The van der Waals surface area contributed by atoms with E-state index in [1.54, 1.807) is 0 Å². The molecule has 5 heteroatoms. The Morgan fingerprint density at radius 3 is 2.50 bits per heavy atom. The topological polar surface area (TPSA) is 63.8 Å². The van der Waals surface area contributed by atoms with Crippen LogP contribution in [0.3, 0.4) is 0 Å². The Kier molecular flexibility index (Phi) is 5.29. The molecule has 122 valence electrons. The number of aryl methyl sites for hydroxylation is 1. The van der Waals surface area contributed by atoms with E-state index >= 15 is 0 Å². The Bertz CT molecular complexity index is 805. The van der Waals surface area contributed by atoms with Crippen molar-refractivity contribution in [3.05, 3.63) is 71.2 Å². The van der Waals surface area contributed by atoms with Crippen LogP contribution in [0.25, 0.3) is 11.3 Å². The van der Waals surface area contributed by atoms with Crippen molar-refractivity contribution in [2.75, 3.05) is 17.6 Å². The highest BCUT2D eigenvalue weighted by molar-refractivity contribution is 6.33. The first-order valence-electron chi connectivity index (χ1n) is 7.89. The van der Waals surface area contributed by atoms with E-state index in [0.29, 0.717) is 10.8 Å². The van der Waals surface area contributed by atoms with Gasteiger partial charge in [0.2, 0.25) is 5.95 Å². The third kappa shape index (κ3) is 4.24. The molecule has 0 amide bonds. The molecule has 3 aromatic rings. The van der Waals surface area contributed by atoms with Gasteiger partial charge < -0.3 is 11.1 Å². The van der Waals surface area contributed by atoms with Gasteiger partial charge in [-0.1, -0.05) is 60.1 Å². The predicted octanol–water partition coefficient (Wildman–Crippen LogP) is 4.42. The molecule has 1 aromatic heterocycles. The summed E-state index contributed by atoms with van der Waals surface area (Å²) >= 11 is 6.24. The second-order valence-electron chi connectivity index (χ2n) is 5.49. The molecule has 24 heavy (non-hydrogen) atoms. The first-order valence-corrected chi connectivity index (χ1v) is 8.27. The van der Waals surface area contributed by atoms with E-state index in [1.165, 1.54) is 5.56 Å². The third-order valence-corrected chi connectivity index (χ3v) is 4.01. The standard InChI is InChI=1S/C19H19ClN4/c20-16-11-5-4-10-15(16)17-13-18(24-19(21)23-17)22-12-6-9-14-7-2-1-3-8-14/h1-5,7-8,10-11,13H,6,9,12H2,(H3,21,22,23,24). The number of aromatic nitrogens is 2. The lowest BCUT2D eigenvalue weighted by atomic mass is 10.1. The first kappa shape index (κ1) is 16.3. The van der Waals surface area contributed by atoms with E-state index in [2.05, 4.69) is 39.6 Å². The zero-order valence-electron chi connectivity index (χ0n) is 13.2. The Morgan fingerprint density at radius 2 is 1.71 bits per heavy atom. The van der Waals surface area contributed by atoms with Crippen molar-refractivity contribution in [1.82, 2.24) is 9.97 Å². The number of anilines is 2. The van der Waals surface area contributed by atoms with Gasteiger partial charge in [-0.15, -0.1) is 0 Å². The molecule has 2 aromatic carbocycles. The summed E-state index contributed by atoms with van der Waals surface area (Å²) in [6.07, 6.45) is 2.03. The lowest BCUT2D eigenvalue weighted by Crippen LogP contribution is -2.07. The number of nitrogens with two attached hydrogens (primary N) is 1. The van der Waals surface area contributed by atoms with Gasteiger partial charge in [-0.25, -0.2) is 4.98 Å². The van der Waals surface area contributed by atoms with Crippen molar-refractivity contribution in [1.29, 1.82) is 0 Å². The van der Waals surface area contributed by atoms with Gasteiger partial charge in [-0.05, 0) is 24.5 Å². The molecule has 0 bridgehead atoms. The molecule has 4 nitrogen and oxygen atoms in total. The molecule has 0 aliphatic rings. The van der Waals surface area contributed by atoms with Gasteiger partial charge in [0.1, 0.15) is 5.82 Å². The number of nitrogen functional groups attached to an aromatic ring is 1. The quantitative estimate of drug-likeness (QED) is 0.653. The summed E-state index contributed by atoms with van der Waals surface area (Å²) in [6, 6.07) is 19.9. The van der Waals surface area contributed by atoms with Gasteiger partial charge in [-0.3, -0.25) is 0 Å². The minimum absolute atomic E-state index is 0.234. The smallest absolute Gasteiger partial charge is 0.222 e. The summed E-state index contributed by atoms with van der Waals surface area (Å²) in [7, 11) is 0. The normalized spacial score (nSPS) is 10.5. The minimum atomic E-state index is 0.234. The second-order valence-corrected chi connectivity index (χ2v) is 5.90. The molecular weight excluding hydrogens is 320 g/mol. The number of hydrogen-bond acceptors (Lipinski definition) is 4. The maximum Gasteiger partial charge on any atom is 0.222 e. The van der Waals surface area contributed by atoms with Crippen molar-refractivity contribution in [2.45, 2.75) is 12.8 Å². The highest BCUT2D eigenvalue weighted by Crippen LogP contribution is 2.27. The van der Waals surface area contributed by atoms with Gasteiger partial charge in [0.15, 0.2) is 0 Å². The summed E-state index contributed by atoms with van der Waals surface area (Å²) < 4.78 is 0. The lowest BCUT2D eigenvalue weighted by molar-refractivity contribution is 0.858. The average Bonchev–Trinajstić information content (AvgIpc) is 2.60. The molecule has 1 heterocycles. The van der Waals surface area contributed by atoms with Crippen LogP contribution in [0.2, 0.25) is 5.02 Å². The molecule has 0 aliphatic heterocycles. The van der Waals surface area contributed by atoms with Crippen LogP contribution < -0.4 is 11.1 Å². The minimum Gasteiger partial charge on any atom is -0.370 e. The number of hydrogen-bond donors (Lipinski definition) is 2. The van der Waals surface area contributed by atoms with E-state index in [4.69, 9.17) is 17.3 Å². The van der Waals surface area contributed by atoms with Crippen molar-refractivity contribution >= 4 is 23.4 Å². The fraction of sp³-hybridized carbons (Fsp3) is 0.158. The highest BCUT2D eigenvalue weighted by Gasteiger charge is 2.08. The van der Waals surface area contributed by atoms with Crippen LogP contribution in [-0.4, -0.2) is 16.5 Å². The van der Waals surface area contributed by atoms with Crippen LogP contribution in [0, 0.1) is 0 Å². The molecule has 0 atom stereocenters. The third-order valence-electron chi connectivity index (χ3n) is 3.68. The van der Waals surface area contributed by atoms with Crippen LogP contribution in [0.5, 0.6) is 0 Å². The number of halogens is 1. The van der Waals surface area contributed by atoms with Crippen molar-refractivity contribution < 1.29 is 0 Å². The van der Waals surface area contributed by atoms with Gasteiger partial charge in [0.05, 0.1) is 5.69 Å². The number of nitrogens with zero attached hydrogens (tertiary/aromatic N) is 2. The van der Waals surface area contributed by atoms with E-state index in [-0.39, 0.29) is 5.95 Å². The Hall–Kier alpha value is -2.59. The molecule has 0 saturated carbocycles. The summed E-state index contributed by atoms with van der Waals surface area (Å²) in [6.45, 7) is 0.813. The predicted molar refractivity (Wildman–Crippen MR) is 100 cm³/mol. The van der Waals surface area contributed by atoms with E-state index in [1.807, 2.05) is 36.4 Å².